The van der Waals surface area contributed by atoms with Crippen molar-refractivity contribution in [3.63, 3.8) is 0 Å². The van der Waals surface area contributed by atoms with Crippen molar-refractivity contribution in [3.05, 3.63) is 0 Å². The highest BCUT2D eigenvalue weighted by molar-refractivity contribution is 4.91. The van der Waals surface area contributed by atoms with Crippen LogP contribution in [0.4, 0.5) is 0 Å². The molecule has 2 fully saturated rings. The molecule has 3 unspecified atom stereocenters. The Kier molecular flexibility index (Phi) is 6.07. The van der Waals surface area contributed by atoms with E-state index in [2.05, 4.69) is 0 Å². The van der Waals surface area contributed by atoms with Gasteiger partial charge in [0.1, 0.15) is 36.6 Å². The molecule has 10 heteroatoms. The molecule has 2 aliphatic heterocycles. The molecule has 0 radical (unpaired) electrons. The topological polar surface area (TPSA) is 169 Å². The van der Waals surface area contributed by atoms with Gasteiger partial charge in [0, 0.05) is 6.42 Å². The molecule has 22 heavy (non-hydrogen) atoms. The predicted octanol–water partition coefficient (Wildman–Crippen LogP) is -4.37. The third-order valence-corrected chi connectivity index (χ3v) is 3.84. The summed E-state index contributed by atoms with van der Waals surface area (Å²) < 4.78 is 15.5. The summed E-state index contributed by atoms with van der Waals surface area (Å²) in [7, 11) is 0. The summed E-state index contributed by atoms with van der Waals surface area (Å²) in [4.78, 5) is 0. The number of hydrogen-bond donors (Lipinski definition) is 7. The molecule has 7 N–H and O–H groups in total. The molecule has 0 spiro atoms. The summed E-state index contributed by atoms with van der Waals surface area (Å²) in [6.07, 6.45) is -12.2. The molecule has 2 rings (SSSR count). The van der Waals surface area contributed by atoms with E-state index in [-0.39, 0.29) is 6.42 Å². The third kappa shape index (κ3) is 3.57. The molecule has 2 saturated heterocycles. The summed E-state index contributed by atoms with van der Waals surface area (Å²) in [5.74, 6) is 0. The Morgan fingerprint density at radius 2 is 1.45 bits per heavy atom. The van der Waals surface area contributed by atoms with E-state index in [1.54, 1.807) is 0 Å². The Labute approximate surface area is 126 Å². The average Bonchev–Trinajstić information content (AvgIpc) is 2.49. The van der Waals surface area contributed by atoms with Crippen molar-refractivity contribution in [2.75, 3.05) is 13.2 Å². The molecular weight excluding hydrogens is 304 g/mol. The quantitative estimate of drug-likeness (QED) is 0.268. The van der Waals surface area contributed by atoms with E-state index in [1.807, 2.05) is 0 Å². The second-order valence-corrected chi connectivity index (χ2v) is 5.41. The second kappa shape index (κ2) is 7.45. The van der Waals surface area contributed by atoms with Crippen LogP contribution in [0, 0.1) is 0 Å². The predicted molar refractivity (Wildman–Crippen MR) is 67.2 cm³/mol. The largest absolute Gasteiger partial charge is 0.394 e. The number of aliphatic hydroxyl groups excluding tert-OH is 7. The van der Waals surface area contributed by atoms with Crippen LogP contribution in [0.1, 0.15) is 6.42 Å². The van der Waals surface area contributed by atoms with E-state index in [4.69, 9.17) is 19.3 Å². The molecule has 0 aromatic heterocycles. The van der Waals surface area contributed by atoms with Crippen molar-refractivity contribution in [1.29, 1.82) is 0 Å². The van der Waals surface area contributed by atoms with E-state index < -0.39 is 68.5 Å². The zero-order valence-electron chi connectivity index (χ0n) is 11.7. The fraction of sp³-hybridized carbons (Fsp3) is 1.00. The van der Waals surface area contributed by atoms with Gasteiger partial charge in [-0.2, -0.15) is 0 Å². The minimum absolute atomic E-state index is 0.168. The van der Waals surface area contributed by atoms with Crippen molar-refractivity contribution in [2.24, 2.45) is 0 Å². The molecule has 0 aromatic carbocycles. The third-order valence-electron chi connectivity index (χ3n) is 3.84. The first-order valence-electron chi connectivity index (χ1n) is 6.97. The second-order valence-electron chi connectivity index (χ2n) is 5.41. The zero-order chi connectivity index (χ0) is 16.4. The van der Waals surface area contributed by atoms with Crippen molar-refractivity contribution >= 4 is 0 Å². The smallest absolute Gasteiger partial charge is 0.187 e. The Hall–Kier alpha value is -0.400. The highest BCUT2D eigenvalue weighted by Gasteiger charge is 2.47. The summed E-state index contributed by atoms with van der Waals surface area (Å²) in [6, 6.07) is 0. The van der Waals surface area contributed by atoms with Crippen LogP contribution in [0.2, 0.25) is 0 Å². The molecular formula is C12H22O10. The van der Waals surface area contributed by atoms with E-state index >= 15 is 0 Å². The monoisotopic (exact) mass is 326 g/mol. The van der Waals surface area contributed by atoms with E-state index in [0.717, 1.165) is 0 Å². The van der Waals surface area contributed by atoms with Crippen molar-refractivity contribution < 1.29 is 50.0 Å². The first-order chi connectivity index (χ1) is 10.4. The van der Waals surface area contributed by atoms with Crippen LogP contribution in [-0.4, -0.2) is 104 Å². The van der Waals surface area contributed by atoms with E-state index in [9.17, 15) is 30.6 Å². The van der Waals surface area contributed by atoms with Gasteiger partial charge in [-0.15, -0.1) is 0 Å². The van der Waals surface area contributed by atoms with Crippen LogP contribution in [0.25, 0.3) is 0 Å². The van der Waals surface area contributed by atoms with Crippen molar-refractivity contribution in [1.82, 2.24) is 0 Å². The number of hydrogen-bond acceptors (Lipinski definition) is 10. The highest BCUT2D eigenvalue weighted by atomic mass is 16.7. The van der Waals surface area contributed by atoms with Gasteiger partial charge in [-0.05, 0) is 0 Å². The Bertz CT molecular complexity index is 353. The van der Waals surface area contributed by atoms with Crippen LogP contribution < -0.4 is 0 Å². The molecule has 0 aromatic rings. The lowest BCUT2D eigenvalue weighted by atomic mass is 9.98. The Morgan fingerprint density at radius 1 is 0.818 bits per heavy atom. The fourth-order valence-electron chi connectivity index (χ4n) is 2.58. The minimum Gasteiger partial charge on any atom is -0.394 e. The lowest BCUT2D eigenvalue weighted by Crippen LogP contribution is -2.62. The van der Waals surface area contributed by atoms with Gasteiger partial charge in [-0.25, -0.2) is 0 Å². The number of aliphatic hydroxyl groups is 7. The minimum atomic E-state index is -1.63. The van der Waals surface area contributed by atoms with Gasteiger partial charge in [-0.1, -0.05) is 0 Å². The van der Waals surface area contributed by atoms with Gasteiger partial charge in [0.15, 0.2) is 12.6 Å². The zero-order valence-corrected chi connectivity index (χ0v) is 11.7. The first-order valence-corrected chi connectivity index (χ1v) is 6.97. The van der Waals surface area contributed by atoms with Crippen LogP contribution in [0.3, 0.4) is 0 Å². The summed E-state index contributed by atoms with van der Waals surface area (Å²) in [6.45, 7) is -1.17. The maximum Gasteiger partial charge on any atom is 0.187 e. The molecule has 0 saturated carbocycles. The average molecular weight is 326 g/mol. The van der Waals surface area contributed by atoms with Crippen LogP contribution in [0.15, 0.2) is 0 Å². The van der Waals surface area contributed by atoms with Gasteiger partial charge in [0.05, 0.1) is 19.3 Å². The van der Waals surface area contributed by atoms with Crippen LogP contribution >= 0.6 is 0 Å². The fourth-order valence-corrected chi connectivity index (χ4v) is 2.58. The SMILES string of the molecule is OCC1O[C@@H](O[C@@H]2C(CO)O[C@@H](O)C[C@@H]2O)C(O)[C@H](O)[C@@H]1O. The van der Waals surface area contributed by atoms with Gasteiger partial charge in [0.25, 0.3) is 0 Å². The molecule has 0 bridgehead atoms. The van der Waals surface area contributed by atoms with Crippen molar-refractivity contribution in [2.45, 2.75) is 61.7 Å². The highest BCUT2D eigenvalue weighted by Crippen LogP contribution is 2.28. The molecule has 0 amide bonds. The Morgan fingerprint density at radius 3 is 2.05 bits per heavy atom. The van der Waals surface area contributed by atoms with Crippen LogP contribution in [-0.2, 0) is 14.2 Å². The van der Waals surface area contributed by atoms with Gasteiger partial charge >= 0.3 is 0 Å². The normalized spacial score (nSPS) is 50.0. The van der Waals surface area contributed by atoms with Crippen LogP contribution in [0.5, 0.6) is 0 Å². The van der Waals surface area contributed by atoms with Gasteiger partial charge in [-0.3, -0.25) is 0 Å². The molecule has 2 heterocycles. The molecule has 10 nitrogen and oxygen atoms in total. The van der Waals surface area contributed by atoms with Gasteiger partial charge in [0.2, 0.25) is 0 Å². The Balaban J connectivity index is 2.07. The molecule has 130 valence electrons. The summed E-state index contributed by atoms with van der Waals surface area (Å²) >= 11 is 0. The maximum absolute atomic E-state index is 9.92. The summed E-state index contributed by atoms with van der Waals surface area (Å²) in [5, 5.41) is 66.8. The van der Waals surface area contributed by atoms with Gasteiger partial charge < -0.3 is 50.0 Å². The number of ether oxygens (including phenoxy) is 3. The maximum atomic E-state index is 9.92. The molecule has 0 aliphatic carbocycles. The lowest BCUT2D eigenvalue weighted by molar-refractivity contribution is -0.342. The molecule has 9 atom stereocenters. The lowest BCUT2D eigenvalue weighted by Gasteiger charge is -2.44. The van der Waals surface area contributed by atoms with Crippen molar-refractivity contribution in [3.8, 4) is 0 Å². The molecule has 2 aliphatic rings. The summed E-state index contributed by atoms with van der Waals surface area (Å²) in [5.41, 5.74) is 0. The number of rotatable bonds is 4. The van der Waals surface area contributed by atoms with E-state index in [1.165, 1.54) is 0 Å². The first kappa shape index (κ1) is 17.9. The standard InChI is InChI=1S/C12H22O10/c13-2-5-8(17)9(18)10(19)12(21-5)22-11-4(15)1-7(16)20-6(11)3-14/h4-19H,1-3H2/t4-,5?,6?,7+,8+,9+,10?,11-,12-/m0/s1. The van der Waals surface area contributed by atoms with E-state index in [0.29, 0.717) is 0 Å².